The van der Waals surface area contributed by atoms with Gasteiger partial charge in [0.15, 0.2) is 5.82 Å². The van der Waals surface area contributed by atoms with Crippen molar-refractivity contribution in [1.29, 1.82) is 0 Å². The Morgan fingerprint density at radius 1 is 1.29 bits per heavy atom. The first-order chi connectivity index (χ1) is 14.9. The van der Waals surface area contributed by atoms with Crippen molar-refractivity contribution in [3.63, 3.8) is 0 Å². The van der Waals surface area contributed by atoms with E-state index in [1.54, 1.807) is 0 Å². The summed E-state index contributed by atoms with van der Waals surface area (Å²) < 4.78 is 20.4. The number of halogens is 1. The molecular formula is C23H24FN3O4. The zero-order valence-corrected chi connectivity index (χ0v) is 17.5. The summed E-state index contributed by atoms with van der Waals surface area (Å²) in [6.07, 6.45) is 2.82. The molecule has 0 spiro atoms. The minimum atomic E-state index is -0.707. The Balaban J connectivity index is 2.07. The maximum absolute atomic E-state index is 14.5. The highest BCUT2D eigenvalue weighted by atomic mass is 19.1. The molecule has 0 bridgehead atoms. The van der Waals surface area contributed by atoms with E-state index in [9.17, 15) is 19.1 Å². The summed E-state index contributed by atoms with van der Waals surface area (Å²) in [6, 6.07) is 11.5. The average molecular weight is 425 g/mol. The van der Waals surface area contributed by atoms with Crippen LogP contribution in [0.4, 0.5) is 10.2 Å². The molecule has 0 radical (unpaired) electrons. The summed E-state index contributed by atoms with van der Waals surface area (Å²) in [4.78, 5) is 29.3. The van der Waals surface area contributed by atoms with Gasteiger partial charge in [0.2, 0.25) is 0 Å². The molecule has 7 nitrogen and oxygen atoms in total. The minimum Gasteiger partial charge on any atom is -0.465 e. The number of aliphatic hydroxyl groups is 1. The smallest absolute Gasteiger partial charge is 0.338 e. The fourth-order valence-corrected chi connectivity index (χ4v) is 3.32. The molecule has 1 aromatic heterocycles. The molecule has 0 aliphatic carbocycles. The molecule has 3 rings (SSSR count). The standard InChI is InChI=1S/C23H24FN3O4/c1-14(13-28)20(16-7-5-4-6-8-16)26-21-22(29)27(10-9-25-21)19-12-17(23(30)31-3)11-18(24)15(19)2/h4-12,14,20,28H,13H2,1-3H3,(H,25,26)/t14-,20+/m0/s1. The summed E-state index contributed by atoms with van der Waals surface area (Å²) >= 11 is 0. The third-order valence-electron chi connectivity index (χ3n) is 5.15. The van der Waals surface area contributed by atoms with Gasteiger partial charge < -0.3 is 15.2 Å². The van der Waals surface area contributed by atoms with E-state index >= 15 is 0 Å². The number of anilines is 1. The van der Waals surface area contributed by atoms with Crippen LogP contribution in [-0.4, -0.2) is 34.3 Å². The number of methoxy groups -OCH3 is 1. The highest BCUT2D eigenvalue weighted by Crippen LogP contribution is 2.25. The van der Waals surface area contributed by atoms with Gasteiger partial charge in [-0.3, -0.25) is 9.36 Å². The van der Waals surface area contributed by atoms with Crippen LogP contribution in [0.3, 0.4) is 0 Å². The van der Waals surface area contributed by atoms with Crippen molar-refractivity contribution in [2.75, 3.05) is 19.0 Å². The van der Waals surface area contributed by atoms with Crippen LogP contribution in [0.2, 0.25) is 0 Å². The number of carbonyl (C=O) groups excluding carboxylic acids is 1. The maximum Gasteiger partial charge on any atom is 0.338 e. The first-order valence-electron chi connectivity index (χ1n) is 9.76. The van der Waals surface area contributed by atoms with Gasteiger partial charge >= 0.3 is 5.97 Å². The normalized spacial score (nSPS) is 12.8. The van der Waals surface area contributed by atoms with Crippen molar-refractivity contribution in [1.82, 2.24) is 9.55 Å². The third-order valence-corrected chi connectivity index (χ3v) is 5.15. The number of aliphatic hydroxyl groups excluding tert-OH is 1. The third kappa shape index (κ3) is 4.64. The minimum absolute atomic E-state index is 0.00473. The van der Waals surface area contributed by atoms with Gasteiger partial charge in [-0.1, -0.05) is 37.3 Å². The van der Waals surface area contributed by atoms with Crippen molar-refractivity contribution in [2.45, 2.75) is 19.9 Å². The predicted molar refractivity (Wildman–Crippen MR) is 115 cm³/mol. The summed E-state index contributed by atoms with van der Waals surface area (Å²) in [6.45, 7) is 3.27. The highest BCUT2D eigenvalue weighted by Gasteiger charge is 2.22. The molecule has 2 aromatic carbocycles. The Morgan fingerprint density at radius 3 is 2.65 bits per heavy atom. The average Bonchev–Trinajstić information content (AvgIpc) is 2.79. The van der Waals surface area contributed by atoms with Gasteiger partial charge in [-0.2, -0.15) is 0 Å². The Hall–Kier alpha value is -3.52. The first-order valence-corrected chi connectivity index (χ1v) is 9.76. The van der Waals surface area contributed by atoms with Crippen molar-refractivity contribution in [3.05, 3.63) is 87.7 Å². The molecule has 0 unspecified atom stereocenters. The lowest BCUT2D eigenvalue weighted by molar-refractivity contribution is 0.0600. The lowest BCUT2D eigenvalue weighted by Crippen LogP contribution is -2.29. The number of hydrogen-bond donors (Lipinski definition) is 2. The van der Waals surface area contributed by atoms with Crippen LogP contribution < -0.4 is 10.9 Å². The van der Waals surface area contributed by atoms with E-state index in [0.29, 0.717) is 0 Å². The number of nitrogens with zero attached hydrogens (tertiary/aromatic N) is 2. The van der Waals surface area contributed by atoms with Gasteiger partial charge in [-0.05, 0) is 24.6 Å². The predicted octanol–water partition coefficient (Wildman–Crippen LogP) is 3.25. The van der Waals surface area contributed by atoms with Crippen LogP contribution in [0.25, 0.3) is 5.69 Å². The fourth-order valence-electron chi connectivity index (χ4n) is 3.32. The van der Waals surface area contributed by atoms with E-state index in [1.807, 2.05) is 37.3 Å². The van der Waals surface area contributed by atoms with Crippen LogP contribution in [0, 0.1) is 18.7 Å². The van der Waals surface area contributed by atoms with Crippen molar-refractivity contribution in [2.24, 2.45) is 5.92 Å². The molecule has 0 amide bonds. The van der Waals surface area contributed by atoms with Crippen LogP contribution >= 0.6 is 0 Å². The molecule has 0 saturated carbocycles. The second-order valence-electron chi connectivity index (χ2n) is 7.24. The number of ether oxygens (including phenoxy) is 1. The van der Waals surface area contributed by atoms with Crippen molar-refractivity contribution < 1.29 is 19.0 Å². The first kappa shape index (κ1) is 22.2. The van der Waals surface area contributed by atoms with Crippen LogP contribution in [0.15, 0.2) is 59.7 Å². The Bertz CT molecular complexity index is 1130. The largest absolute Gasteiger partial charge is 0.465 e. The molecule has 2 N–H and O–H groups in total. The summed E-state index contributed by atoms with van der Waals surface area (Å²) in [5, 5.41) is 12.8. The zero-order valence-electron chi connectivity index (χ0n) is 17.5. The Labute approximate surface area is 179 Å². The molecule has 2 atom stereocenters. The summed E-state index contributed by atoms with van der Waals surface area (Å²) in [5.74, 6) is -1.51. The molecular weight excluding hydrogens is 401 g/mol. The molecule has 31 heavy (non-hydrogen) atoms. The maximum atomic E-state index is 14.5. The molecule has 0 saturated heterocycles. The number of hydrogen-bond acceptors (Lipinski definition) is 6. The topological polar surface area (TPSA) is 93.5 Å². The van der Waals surface area contributed by atoms with Gasteiger partial charge in [-0.15, -0.1) is 0 Å². The number of nitrogens with one attached hydrogen (secondary N) is 1. The van der Waals surface area contributed by atoms with E-state index < -0.39 is 17.3 Å². The second kappa shape index (κ2) is 9.53. The second-order valence-corrected chi connectivity index (χ2v) is 7.24. The summed E-state index contributed by atoms with van der Waals surface area (Å²) in [5.41, 5.74) is 0.779. The SMILES string of the molecule is COC(=O)c1cc(F)c(C)c(-n2ccnc(N[C@@H](c3ccccc3)[C@@H](C)CO)c2=O)c1. The molecule has 8 heteroatoms. The van der Waals surface area contributed by atoms with E-state index in [0.717, 1.165) is 11.6 Å². The van der Waals surface area contributed by atoms with E-state index in [2.05, 4.69) is 15.0 Å². The number of esters is 1. The number of rotatable bonds is 7. The zero-order chi connectivity index (χ0) is 22.5. The van der Waals surface area contributed by atoms with Gasteiger partial charge in [0.1, 0.15) is 5.82 Å². The van der Waals surface area contributed by atoms with Gasteiger partial charge in [-0.25, -0.2) is 14.2 Å². The van der Waals surface area contributed by atoms with Crippen molar-refractivity contribution >= 4 is 11.8 Å². The fraction of sp³-hybridized carbons (Fsp3) is 0.261. The lowest BCUT2D eigenvalue weighted by atomic mass is 9.95. The number of carbonyl (C=O) groups is 1. The molecule has 162 valence electrons. The Morgan fingerprint density at radius 2 is 2.00 bits per heavy atom. The van der Waals surface area contributed by atoms with E-state index in [1.165, 1.54) is 37.1 Å². The van der Waals surface area contributed by atoms with Gasteiger partial charge in [0.05, 0.1) is 24.4 Å². The molecule has 0 aliphatic rings. The lowest BCUT2D eigenvalue weighted by Gasteiger charge is -2.25. The van der Waals surface area contributed by atoms with Crippen LogP contribution in [0.1, 0.15) is 34.5 Å². The molecule has 0 fully saturated rings. The van der Waals surface area contributed by atoms with E-state index in [4.69, 9.17) is 0 Å². The molecule has 3 aromatic rings. The monoisotopic (exact) mass is 425 g/mol. The molecule has 1 heterocycles. The summed E-state index contributed by atoms with van der Waals surface area (Å²) in [7, 11) is 1.20. The highest BCUT2D eigenvalue weighted by molar-refractivity contribution is 5.90. The van der Waals surface area contributed by atoms with Crippen LogP contribution in [0.5, 0.6) is 0 Å². The van der Waals surface area contributed by atoms with Crippen molar-refractivity contribution in [3.8, 4) is 5.69 Å². The van der Waals surface area contributed by atoms with Gasteiger partial charge in [0.25, 0.3) is 5.56 Å². The Kier molecular flexibility index (Phi) is 6.81. The quantitative estimate of drug-likeness (QED) is 0.565. The van der Waals surface area contributed by atoms with Crippen LogP contribution in [-0.2, 0) is 4.74 Å². The van der Waals surface area contributed by atoms with Gasteiger partial charge in [0, 0.05) is 30.5 Å². The molecule has 0 aliphatic heterocycles. The number of benzene rings is 2. The van der Waals surface area contributed by atoms with E-state index in [-0.39, 0.29) is 41.2 Å². The number of aromatic nitrogens is 2.